The van der Waals surface area contributed by atoms with Crippen molar-refractivity contribution in [3.05, 3.63) is 58.5 Å². The molecule has 0 aliphatic carbocycles. The van der Waals surface area contributed by atoms with Gasteiger partial charge >= 0.3 is 0 Å². The molecule has 1 heterocycles. The van der Waals surface area contributed by atoms with Crippen LogP contribution in [-0.4, -0.2) is 12.1 Å². The van der Waals surface area contributed by atoms with Crippen LogP contribution in [0.4, 0.5) is 10.8 Å². The van der Waals surface area contributed by atoms with Crippen molar-refractivity contribution in [2.24, 2.45) is 0 Å². The Hall–Kier alpha value is -2.33. The van der Waals surface area contributed by atoms with Crippen molar-refractivity contribution in [2.45, 2.75) is 20.8 Å². The van der Waals surface area contributed by atoms with Crippen molar-refractivity contribution in [1.82, 2.24) is 4.98 Å². The standard InChI is InChI=1S/C19H20N2OS/c1-12-5-7-16(10-13(12)2)20-19-21-17(11-23-19)15-6-8-18(22-4)14(3)9-15/h5-11H,1-4H3,(H,20,21). The summed E-state index contributed by atoms with van der Waals surface area (Å²) in [5.41, 5.74) is 6.84. The zero-order valence-electron chi connectivity index (χ0n) is 13.8. The third-order valence-corrected chi connectivity index (χ3v) is 4.71. The Kier molecular flexibility index (Phi) is 4.35. The van der Waals surface area contributed by atoms with Gasteiger partial charge in [-0.2, -0.15) is 0 Å². The van der Waals surface area contributed by atoms with Gasteiger partial charge in [0.05, 0.1) is 12.8 Å². The molecule has 3 nitrogen and oxygen atoms in total. The van der Waals surface area contributed by atoms with Crippen LogP contribution in [0, 0.1) is 20.8 Å². The van der Waals surface area contributed by atoms with Gasteiger partial charge in [-0.25, -0.2) is 4.98 Å². The van der Waals surface area contributed by atoms with Gasteiger partial charge in [0.2, 0.25) is 0 Å². The van der Waals surface area contributed by atoms with Crippen molar-refractivity contribution < 1.29 is 4.74 Å². The fraction of sp³-hybridized carbons (Fsp3) is 0.211. The van der Waals surface area contributed by atoms with Crippen LogP contribution in [0.25, 0.3) is 11.3 Å². The Labute approximate surface area is 141 Å². The lowest BCUT2D eigenvalue weighted by atomic mass is 10.1. The number of nitrogens with zero attached hydrogens (tertiary/aromatic N) is 1. The van der Waals surface area contributed by atoms with Crippen molar-refractivity contribution >= 4 is 22.2 Å². The van der Waals surface area contributed by atoms with Gasteiger partial charge in [0.1, 0.15) is 5.75 Å². The molecule has 0 bridgehead atoms. The van der Waals surface area contributed by atoms with E-state index < -0.39 is 0 Å². The van der Waals surface area contributed by atoms with Gasteiger partial charge in [0.15, 0.2) is 5.13 Å². The Bertz CT molecular complexity index is 839. The molecule has 118 valence electrons. The van der Waals surface area contributed by atoms with Gasteiger partial charge in [-0.1, -0.05) is 6.07 Å². The highest BCUT2D eigenvalue weighted by Crippen LogP contribution is 2.30. The normalized spacial score (nSPS) is 10.6. The van der Waals surface area contributed by atoms with Crippen LogP contribution in [0.5, 0.6) is 5.75 Å². The van der Waals surface area contributed by atoms with E-state index >= 15 is 0 Å². The van der Waals surface area contributed by atoms with E-state index in [1.54, 1.807) is 18.4 Å². The SMILES string of the molecule is COc1ccc(-c2csc(Nc3ccc(C)c(C)c3)n2)cc1C. The maximum Gasteiger partial charge on any atom is 0.187 e. The lowest BCUT2D eigenvalue weighted by molar-refractivity contribution is 0.412. The summed E-state index contributed by atoms with van der Waals surface area (Å²) in [6.07, 6.45) is 0. The molecule has 0 radical (unpaired) electrons. The molecule has 0 spiro atoms. The van der Waals surface area contributed by atoms with E-state index in [-0.39, 0.29) is 0 Å². The molecule has 3 rings (SSSR count). The smallest absolute Gasteiger partial charge is 0.187 e. The second-order valence-corrected chi connectivity index (χ2v) is 6.50. The number of aryl methyl sites for hydroxylation is 3. The summed E-state index contributed by atoms with van der Waals surface area (Å²) in [7, 11) is 1.69. The Morgan fingerprint density at radius 3 is 2.48 bits per heavy atom. The van der Waals surface area contributed by atoms with E-state index in [9.17, 15) is 0 Å². The highest BCUT2D eigenvalue weighted by Gasteiger charge is 2.07. The number of hydrogen-bond donors (Lipinski definition) is 1. The van der Waals surface area contributed by atoms with Gasteiger partial charge in [0, 0.05) is 16.6 Å². The number of hydrogen-bond acceptors (Lipinski definition) is 4. The number of ether oxygens (including phenoxy) is 1. The first-order chi connectivity index (χ1) is 11.1. The molecule has 23 heavy (non-hydrogen) atoms. The molecule has 0 aliphatic rings. The van der Waals surface area contributed by atoms with Crippen LogP contribution in [0.15, 0.2) is 41.8 Å². The minimum Gasteiger partial charge on any atom is -0.496 e. The number of benzene rings is 2. The van der Waals surface area contributed by atoms with Crippen molar-refractivity contribution in [3.63, 3.8) is 0 Å². The summed E-state index contributed by atoms with van der Waals surface area (Å²) < 4.78 is 5.31. The van der Waals surface area contributed by atoms with E-state index in [4.69, 9.17) is 9.72 Å². The average Bonchev–Trinajstić information content (AvgIpc) is 2.99. The highest BCUT2D eigenvalue weighted by atomic mass is 32.1. The van der Waals surface area contributed by atoms with Gasteiger partial charge in [-0.3, -0.25) is 0 Å². The highest BCUT2D eigenvalue weighted by molar-refractivity contribution is 7.14. The number of rotatable bonds is 4. The predicted octanol–water partition coefficient (Wildman–Crippen LogP) is 5.49. The van der Waals surface area contributed by atoms with Crippen LogP contribution < -0.4 is 10.1 Å². The Morgan fingerprint density at radius 1 is 0.957 bits per heavy atom. The molecule has 2 aromatic carbocycles. The summed E-state index contributed by atoms with van der Waals surface area (Å²) in [5, 5.41) is 6.36. The van der Waals surface area contributed by atoms with Crippen molar-refractivity contribution in [3.8, 4) is 17.0 Å². The molecule has 3 aromatic rings. The third-order valence-electron chi connectivity index (χ3n) is 3.95. The van der Waals surface area contributed by atoms with E-state index in [0.29, 0.717) is 0 Å². The maximum atomic E-state index is 5.31. The lowest BCUT2D eigenvalue weighted by Crippen LogP contribution is -1.92. The molecule has 0 atom stereocenters. The lowest BCUT2D eigenvalue weighted by Gasteiger charge is -2.06. The van der Waals surface area contributed by atoms with Gasteiger partial charge < -0.3 is 10.1 Å². The van der Waals surface area contributed by atoms with Crippen LogP contribution in [0.3, 0.4) is 0 Å². The minimum atomic E-state index is 0.900. The molecule has 0 saturated heterocycles. The van der Waals surface area contributed by atoms with E-state index in [0.717, 1.165) is 33.4 Å². The first-order valence-electron chi connectivity index (χ1n) is 7.51. The summed E-state index contributed by atoms with van der Waals surface area (Å²) in [6.45, 7) is 6.28. The molecular weight excluding hydrogens is 304 g/mol. The van der Waals surface area contributed by atoms with Gasteiger partial charge in [-0.15, -0.1) is 11.3 Å². The summed E-state index contributed by atoms with van der Waals surface area (Å²) in [5.74, 6) is 0.900. The number of thiazole rings is 1. The monoisotopic (exact) mass is 324 g/mol. The van der Waals surface area contributed by atoms with Crippen molar-refractivity contribution in [2.75, 3.05) is 12.4 Å². The maximum absolute atomic E-state index is 5.31. The molecule has 4 heteroatoms. The average molecular weight is 324 g/mol. The van der Waals surface area contributed by atoms with Crippen LogP contribution in [-0.2, 0) is 0 Å². The van der Waals surface area contributed by atoms with Crippen molar-refractivity contribution in [1.29, 1.82) is 0 Å². The summed E-state index contributed by atoms with van der Waals surface area (Å²) >= 11 is 1.61. The van der Waals surface area contributed by atoms with Crippen LogP contribution >= 0.6 is 11.3 Å². The number of nitrogens with one attached hydrogen (secondary N) is 1. The summed E-state index contributed by atoms with van der Waals surface area (Å²) in [6, 6.07) is 12.5. The second-order valence-electron chi connectivity index (χ2n) is 5.65. The predicted molar refractivity (Wildman–Crippen MR) is 98.0 cm³/mol. The Morgan fingerprint density at radius 2 is 1.78 bits per heavy atom. The Balaban J connectivity index is 1.82. The van der Waals surface area contributed by atoms with Crippen LogP contribution in [0.2, 0.25) is 0 Å². The number of anilines is 2. The largest absolute Gasteiger partial charge is 0.496 e. The summed E-state index contributed by atoms with van der Waals surface area (Å²) in [4.78, 5) is 4.69. The van der Waals surface area contributed by atoms with Gasteiger partial charge in [-0.05, 0) is 67.8 Å². The molecule has 0 unspecified atom stereocenters. The third kappa shape index (κ3) is 3.37. The molecule has 1 aromatic heterocycles. The first-order valence-corrected chi connectivity index (χ1v) is 8.39. The zero-order valence-corrected chi connectivity index (χ0v) is 14.6. The minimum absolute atomic E-state index is 0.900. The molecule has 0 saturated carbocycles. The quantitative estimate of drug-likeness (QED) is 0.689. The molecule has 0 fully saturated rings. The first kappa shape index (κ1) is 15.6. The molecular formula is C19H20N2OS. The van der Waals surface area contributed by atoms with E-state index in [1.807, 2.05) is 19.1 Å². The molecule has 1 N–H and O–H groups in total. The van der Waals surface area contributed by atoms with E-state index in [2.05, 4.69) is 48.8 Å². The van der Waals surface area contributed by atoms with E-state index in [1.165, 1.54) is 11.1 Å². The fourth-order valence-electron chi connectivity index (χ4n) is 2.44. The fourth-order valence-corrected chi connectivity index (χ4v) is 3.18. The zero-order chi connectivity index (χ0) is 16.4. The number of methoxy groups -OCH3 is 1. The molecule has 0 aliphatic heterocycles. The van der Waals surface area contributed by atoms with Crippen LogP contribution in [0.1, 0.15) is 16.7 Å². The second kappa shape index (κ2) is 6.42. The van der Waals surface area contributed by atoms with Gasteiger partial charge in [0.25, 0.3) is 0 Å². The molecule has 0 amide bonds. The topological polar surface area (TPSA) is 34.1 Å². The number of aromatic nitrogens is 1.